The van der Waals surface area contributed by atoms with E-state index >= 15 is 0 Å². The fourth-order valence-electron chi connectivity index (χ4n) is 2.77. The first-order valence-electron chi connectivity index (χ1n) is 6.81. The Kier molecular flexibility index (Phi) is 4.67. The van der Waals surface area contributed by atoms with Gasteiger partial charge in [0.05, 0.1) is 4.92 Å². The molecule has 1 fully saturated rings. The van der Waals surface area contributed by atoms with E-state index in [2.05, 4.69) is 27.6 Å². The fraction of sp³-hybridized carbons (Fsp3) is 0.667. The number of nitrogen functional groups attached to an aromatic ring is 1. The Hall–Kier alpha value is -1.96. The third-order valence-electron chi connectivity index (χ3n) is 3.74. The predicted molar refractivity (Wildman–Crippen MR) is 76.1 cm³/mol. The topological polar surface area (TPSA) is 119 Å². The molecule has 8 heteroatoms. The molecule has 0 radical (unpaired) electrons. The lowest BCUT2D eigenvalue weighted by Gasteiger charge is -2.26. The van der Waals surface area contributed by atoms with Gasteiger partial charge in [-0.1, -0.05) is 19.8 Å². The maximum Gasteiger partial charge on any atom is 0.354 e. The lowest BCUT2D eigenvalue weighted by atomic mass is 9.82. The Morgan fingerprint density at radius 3 is 2.85 bits per heavy atom. The van der Waals surface area contributed by atoms with Crippen molar-refractivity contribution in [3.8, 4) is 0 Å². The molecule has 0 aliphatic heterocycles. The highest BCUT2D eigenvalue weighted by Crippen LogP contribution is 2.31. The third kappa shape index (κ3) is 3.32. The van der Waals surface area contributed by atoms with Crippen molar-refractivity contribution < 1.29 is 4.92 Å². The van der Waals surface area contributed by atoms with Gasteiger partial charge in [-0.2, -0.15) is 0 Å². The van der Waals surface area contributed by atoms with E-state index in [1.54, 1.807) is 0 Å². The van der Waals surface area contributed by atoms with Crippen molar-refractivity contribution >= 4 is 17.3 Å². The van der Waals surface area contributed by atoms with Crippen LogP contribution in [0.3, 0.4) is 0 Å². The molecular formula is C12H20N6O2. The van der Waals surface area contributed by atoms with Gasteiger partial charge in [0.1, 0.15) is 6.33 Å². The second-order valence-corrected chi connectivity index (χ2v) is 5.34. The number of hydrogen-bond acceptors (Lipinski definition) is 7. The highest BCUT2D eigenvalue weighted by atomic mass is 16.6. The van der Waals surface area contributed by atoms with E-state index in [1.165, 1.54) is 19.2 Å². The molecule has 2 rings (SSSR count). The summed E-state index contributed by atoms with van der Waals surface area (Å²) >= 11 is 0. The molecule has 1 aliphatic rings. The molecule has 20 heavy (non-hydrogen) atoms. The minimum Gasteiger partial charge on any atom is -0.364 e. The number of aromatic nitrogens is 2. The normalized spacial score (nSPS) is 22.3. The number of nitro groups is 1. The molecule has 1 aliphatic carbocycles. The summed E-state index contributed by atoms with van der Waals surface area (Å²) in [5.41, 5.74) is 2.02. The summed E-state index contributed by atoms with van der Waals surface area (Å²) in [6.45, 7) is 2.93. The molecule has 0 amide bonds. The van der Waals surface area contributed by atoms with E-state index in [1.807, 2.05) is 0 Å². The number of nitrogens with two attached hydrogens (primary N) is 1. The smallest absolute Gasteiger partial charge is 0.354 e. The summed E-state index contributed by atoms with van der Waals surface area (Å²) in [6, 6.07) is 0. The van der Waals surface area contributed by atoms with Crippen molar-refractivity contribution in [2.24, 2.45) is 17.7 Å². The molecule has 8 nitrogen and oxygen atoms in total. The average Bonchev–Trinajstić information content (AvgIpc) is 2.44. The van der Waals surface area contributed by atoms with Crippen molar-refractivity contribution in [3.05, 3.63) is 16.4 Å². The van der Waals surface area contributed by atoms with Crippen LogP contribution in [0.25, 0.3) is 0 Å². The predicted octanol–water partition coefficient (Wildman–Crippen LogP) is 1.91. The molecule has 1 heterocycles. The average molecular weight is 280 g/mol. The summed E-state index contributed by atoms with van der Waals surface area (Å²) in [5, 5.41) is 14.2. The molecule has 110 valence electrons. The van der Waals surface area contributed by atoms with Gasteiger partial charge >= 0.3 is 5.69 Å². The number of nitrogens with zero attached hydrogens (tertiary/aromatic N) is 3. The van der Waals surface area contributed by atoms with Crippen molar-refractivity contribution in [2.75, 3.05) is 17.3 Å². The van der Waals surface area contributed by atoms with Gasteiger partial charge in [-0.15, -0.1) is 0 Å². The zero-order valence-corrected chi connectivity index (χ0v) is 11.5. The van der Waals surface area contributed by atoms with E-state index in [0.717, 1.165) is 18.8 Å². The molecule has 2 unspecified atom stereocenters. The molecule has 1 aromatic heterocycles. The van der Waals surface area contributed by atoms with Gasteiger partial charge in [-0.05, 0) is 24.7 Å². The molecule has 4 N–H and O–H groups in total. The SMILES string of the molecule is CC1CCCC(CNc2ncnc(NN)c2[N+](=O)[O-])C1. The Balaban J connectivity index is 2.07. The van der Waals surface area contributed by atoms with E-state index in [-0.39, 0.29) is 17.3 Å². The number of anilines is 2. The Bertz CT molecular complexity index is 481. The lowest BCUT2D eigenvalue weighted by Crippen LogP contribution is -2.22. The van der Waals surface area contributed by atoms with Gasteiger partial charge in [-0.3, -0.25) is 10.1 Å². The van der Waals surface area contributed by atoms with Crippen molar-refractivity contribution in [2.45, 2.75) is 32.6 Å². The summed E-state index contributed by atoms with van der Waals surface area (Å²) < 4.78 is 0. The largest absolute Gasteiger partial charge is 0.364 e. The van der Waals surface area contributed by atoms with Crippen LogP contribution in [0.5, 0.6) is 0 Å². The van der Waals surface area contributed by atoms with Gasteiger partial charge in [0.25, 0.3) is 0 Å². The Morgan fingerprint density at radius 2 is 2.20 bits per heavy atom. The summed E-state index contributed by atoms with van der Waals surface area (Å²) in [5.74, 6) is 6.73. The van der Waals surface area contributed by atoms with Gasteiger partial charge < -0.3 is 10.7 Å². The quantitative estimate of drug-likeness (QED) is 0.428. The zero-order valence-electron chi connectivity index (χ0n) is 11.5. The number of nitrogens with one attached hydrogen (secondary N) is 2. The number of rotatable bonds is 5. The molecule has 0 spiro atoms. The first-order chi connectivity index (χ1) is 9.61. The lowest BCUT2D eigenvalue weighted by molar-refractivity contribution is -0.383. The van der Waals surface area contributed by atoms with Crippen LogP contribution in [-0.2, 0) is 0 Å². The van der Waals surface area contributed by atoms with Crippen LogP contribution in [0.1, 0.15) is 32.6 Å². The molecule has 1 aromatic rings. The first-order valence-corrected chi connectivity index (χ1v) is 6.81. The maximum absolute atomic E-state index is 11.1. The van der Waals surface area contributed by atoms with Crippen molar-refractivity contribution in [1.82, 2.24) is 9.97 Å². The summed E-state index contributed by atoms with van der Waals surface area (Å²) in [6.07, 6.45) is 6.04. The molecule has 0 aromatic carbocycles. The highest BCUT2D eigenvalue weighted by Gasteiger charge is 2.24. The Labute approximate surface area is 117 Å². The maximum atomic E-state index is 11.1. The number of hydrogen-bond donors (Lipinski definition) is 3. The van der Waals surface area contributed by atoms with Gasteiger partial charge in [-0.25, -0.2) is 15.8 Å². The van der Waals surface area contributed by atoms with Gasteiger partial charge in [0, 0.05) is 6.54 Å². The molecule has 1 saturated carbocycles. The van der Waals surface area contributed by atoms with Crippen LogP contribution in [-0.4, -0.2) is 21.4 Å². The monoisotopic (exact) mass is 280 g/mol. The van der Waals surface area contributed by atoms with Crippen LogP contribution in [0, 0.1) is 22.0 Å². The molecular weight excluding hydrogens is 260 g/mol. The van der Waals surface area contributed by atoms with E-state index in [0.29, 0.717) is 12.5 Å². The van der Waals surface area contributed by atoms with Crippen molar-refractivity contribution in [3.63, 3.8) is 0 Å². The Morgan fingerprint density at radius 1 is 1.45 bits per heavy atom. The first kappa shape index (κ1) is 14.4. The number of hydrazine groups is 1. The zero-order chi connectivity index (χ0) is 14.5. The van der Waals surface area contributed by atoms with E-state index < -0.39 is 4.92 Å². The van der Waals surface area contributed by atoms with Crippen LogP contribution in [0.4, 0.5) is 17.3 Å². The minimum atomic E-state index is -0.527. The standard InChI is InChI=1S/C12H20N6O2/c1-8-3-2-4-9(5-8)6-14-11-10(18(19)20)12(17-13)16-7-15-11/h7-9H,2-6,13H2,1H3,(H2,14,15,16,17). The highest BCUT2D eigenvalue weighted by molar-refractivity contribution is 5.68. The molecule has 0 bridgehead atoms. The van der Waals surface area contributed by atoms with Crippen LogP contribution >= 0.6 is 0 Å². The molecule has 2 atom stereocenters. The second kappa shape index (κ2) is 6.47. The second-order valence-electron chi connectivity index (χ2n) is 5.34. The summed E-state index contributed by atoms with van der Waals surface area (Å²) in [4.78, 5) is 18.3. The van der Waals surface area contributed by atoms with Crippen molar-refractivity contribution in [1.29, 1.82) is 0 Å². The fourth-order valence-corrected chi connectivity index (χ4v) is 2.77. The van der Waals surface area contributed by atoms with Crippen LogP contribution < -0.4 is 16.6 Å². The van der Waals surface area contributed by atoms with E-state index in [4.69, 9.17) is 5.84 Å². The van der Waals surface area contributed by atoms with Crippen LogP contribution in [0.15, 0.2) is 6.33 Å². The third-order valence-corrected chi connectivity index (χ3v) is 3.74. The van der Waals surface area contributed by atoms with Gasteiger partial charge in [0.15, 0.2) is 0 Å². The van der Waals surface area contributed by atoms with Crippen LogP contribution in [0.2, 0.25) is 0 Å². The summed E-state index contributed by atoms with van der Waals surface area (Å²) in [7, 11) is 0. The molecule has 0 saturated heterocycles. The minimum absolute atomic E-state index is 0.0181. The van der Waals surface area contributed by atoms with E-state index in [9.17, 15) is 10.1 Å². The van der Waals surface area contributed by atoms with Gasteiger partial charge in [0.2, 0.25) is 11.6 Å².